The lowest BCUT2D eigenvalue weighted by Gasteiger charge is -2.15. The Morgan fingerprint density at radius 2 is 0.756 bits per heavy atom. The molecule has 2 unspecified atom stereocenters. The Kier molecular flexibility index (Phi) is 48.0. The van der Waals surface area contributed by atoms with E-state index in [1.807, 2.05) is 77.8 Å². The normalized spacial score (nSPS) is 16.0. The molecule has 8 aliphatic rings. The number of thioether (sulfide) groups is 1. The van der Waals surface area contributed by atoms with Crippen LogP contribution in [0.25, 0.3) is 0 Å². The Morgan fingerprint density at radius 1 is 0.344 bits per heavy atom. The fraction of sp³-hybridized carbons (Fsp3) is 0.605. The summed E-state index contributed by atoms with van der Waals surface area (Å²) in [6, 6.07) is 35.4. The maximum atomic E-state index is 5.42. The summed E-state index contributed by atoms with van der Waals surface area (Å²) >= 11 is 3.88. The maximum absolute atomic E-state index is 5.42. The number of nitrogens with zero attached hydrogens (tertiary/aromatic N) is 2. The Labute approximate surface area is 561 Å². The first-order valence-corrected chi connectivity index (χ1v) is 36.7. The third kappa shape index (κ3) is 44.0. The summed E-state index contributed by atoms with van der Waals surface area (Å²) < 4.78 is 26.7. The maximum Gasteiger partial charge on any atom is 0.140 e. The van der Waals surface area contributed by atoms with Gasteiger partial charge in [0.05, 0.1) is 37.7 Å². The standard InChI is InChI=1S/C9H10O.C8H9N.C8H8O.C8H8S.C7H7NO.C7H8S.C6H10O2.7C4H10/c1-2-6-9-8(4-1)5-3-7-10-9;1-3-7-4-2-6-9-8(7)5-1;2*1-2-4-8-7(3-1)5-6-9-8;1-2-7-6(8-4-1)3-5-9-7;1-2-6-4-5-8-7(6)3-1;1-3-7-6-2-4-8-5(1)6;7*1-4(2)3/h1-2,4,6H,3,5,7H2;2,4,6H,1,3,5H2;2*1-4H,5-6H2;1-2,4H,3,5H2;4-5H,1-3H2;5-6H,1-4H2;7*4H,1-3H3. The molecule has 506 valence electrons. The number of thiophene rings is 1. The van der Waals surface area contributed by atoms with Gasteiger partial charge in [-0.1, -0.05) is 206 Å². The van der Waals surface area contributed by atoms with E-state index >= 15 is 0 Å². The van der Waals surface area contributed by atoms with Crippen LogP contribution >= 0.6 is 23.1 Å². The first-order chi connectivity index (χ1) is 42.9. The number of aryl methyl sites for hydroxylation is 6. The monoisotopic (exact) mass is 1270 g/mol. The predicted octanol–water partition coefficient (Wildman–Crippen LogP) is 23.0. The average molecular weight is 1280 g/mol. The molecule has 0 spiro atoms. The van der Waals surface area contributed by atoms with E-state index in [4.69, 9.17) is 23.7 Å². The summed E-state index contributed by atoms with van der Waals surface area (Å²) in [5.41, 5.74) is 9.70. The van der Waals surface area contributed by atoms with E-state index in [1.54, 1.807) is 16.6 Å². The average Bonchev–Trinajstić information content (AvgIpc) is 4.34. The van der Waals surface area contributed by atoms with Crippen molar-refractivity contribution < 1.29 is 23.7 Å². The second-order valence-corrected chi connectivity index (χ2v) is 30.4. The molecule has 3 aromatic heterocycles. The first kappa shape index (κ1) is 83.3. The molecule has 2 fully saturated rings. The van der Waals surface area contributed by atoms with Crippen molar-refractivity contribution in [2.45, 2.75) is 246 Å². The van der Waals surface area contributed by atoms with Gasteiger partial charge >= 0.3 is 0 Å². The molecular formula is C81H130N2O5S2. The molecule has 90 heavy (non-hydrogen) atoms. The number of hydrogen-bond donors (Lipinski definition) is 0. The van der Waals surface area contributed by atoms with Crippen molar-refractivity contribution in [3.8, 4) is 17.2 Å². The lowest BCUT2D eigenvalue weighted by atomic mass is 10.1. The second-order valence-electron chi connectivity index (χ2n) is 28.2. The van der Waals surface area contributed by atoms with E-state index in [9.17, 15) is 0 Å². The second kappa shape index (κ2) is 51.8. The van der Waals surface area contributed by atoms with Crippen LogP contribution in [0.15, 0.2) is 126 Å². The number of fused-ring (bicyclic) bond motifs is 7. The molecule has 14 rings (SSSR count). The molecule has 9 heterocycles. The highest BCUT2D eigenvalue weighted by atomic mass is 32.2. The zero-order chi connectivity index (χ0) is 67.1. The first-order valence-electron chi connectivity index (χ1n) is 34.8. The molecule has 0 radical (unpaired) electrons. The van der Waals surface area contributed by atoms with Gasteiger partial charge in [0.2, 0.25) is 0 Å². The van der Waals surface area contributed by atoms with Gasteiger partial charge in [0.15, 0.2) is 0 Å². The van der Waals surface area contributed by atoms with Crippen LogP contribution in [0.2, 0.25) is 0 Å². The van der Waals surface area contributed by atoms with E-state index in [2.05, 4.69) is 215 Å². The molecule has 0 bridgehead atoms. The number of aromatic nitrogens is 2. The van der Waals surface area contributed by atoms with Gasteiger partial charge in [0, 0.05) is 59.7 Å². The minimum atomic E-state index is 0.454. The SMILES string of the molecule is C1CC2OCCC2O1.CC(C)C.CC(C)C.CC(C)C.CC(C)C.CC(C)C.CC(C)C.CC(C)C.c1cc2c(s1)CCC2.c1ccc2c(c1)CCCO2.c1ccc2c(c1)CCO2.c1ccc2c(c1)CCS2.c1cnc2c(c1)CCC2.c1cnc2c(c1)OCC2. The van der Waals surface area contributed by atoms with Gasteiger partial charge in [-0.25, -0.2) is 0 Å². The largest absolute Gasteiger partial charge is 0.493 e. The minimum Gasteiger partial charge on any atom is -0.493 e. The zero-order valence-corrected chi connectivity index (χ0v) is 62.6. The molecule has 7 nitrogen and oxygen atoms in total. The molecular weight excluding hydrogens is 1150 g/mol. The van der Waals surface area contributed by atoms with E-state index in [0.717, 1.165) is 130 Å². The smallest absolute Gasteiger partial charge is 0.140 e. The van der Waals surface area contributed by atoms with Gasteiger partial charge in [0.25, 0.3) is 0 Å². The third-order valence-corrected chi connectivity index (χ3v) is 14.0. The zero-order valence-electron chi connectivity index (χ0n) is 60.9. The predicted molar refractivity (Wildman–Crippen MR) is 395 cm³/mol. The lowest BCUT2D eigenvalue weighted by molar-refractivity contribution is 0.0732. The van der Waals surface area contributed by atoms with Crippen LogP contribution in [0.1, 0.15) is 222 Å². The summed E-state index contributed by atoms with van der Waals surface area (Å²) in [5, 5.41) is 2.20. The van der Waals surface area contributed by atoms with Crippen LogP contribution in [-0.2, 0) is 60.8 Å². The van der Waals surface area contributed by atoms with Gasteiger partial charge in [-0.2, -0.15) is 0 Å². The summed E-state index contributed by atoms with van der Waals surface area (Å²) in [6.07, 6.45) is 20.3. The summed E-state index contributed by atoms with van der Waals surface area (Å²) in [4.78, 5) is 11.5. The van der Waals surface area contributed by atoms with Crippen molar-refractivity contribution >= 4 is 23.1 Å². The molecule has 9 heteroatoms. The minimum absolute atomic E-state index is 0.454. The Balaban J connectivity index is 0.000000493. The van der Waals surface area contributed by atoms with Crippen molar-refractivity contribution in [2.75, 3.05) is 38.8 Å². The van der Waals surface area contributed by atoms with Crippen molar-refractivity contribution in [3.05, 3.63) is 165 Å². The topological polar surface area (TPSA) is 71.9 Å². The van der Waals surface area contributed by atoms with Crippen LogP contribution in [-0.4, -0.2) is 61.0 Å². The van der Waals surface area contributed by atoms with Crippen LogP contribution in [0.5, 0.6) is 17.2 Å². The molecule has 0 saturated carbocycles. The fourth-order valence-electron chi connectivity index (χ4n) is 8.58. The molecule has 2 aliphatic carbocycles. The van der Waals surface area contributed by atoms with Gasteiger partial charge in [0.1, 0.15) is 17.2 Å². The highest BCUT2D eigenvalue weighted by Crippen LogP contribution is 2.31. The molecule has 6 aliphatic heterocycles. The van der Waals surface area contributed by atoms with Gasteiger partial charge in [-0.3, -0.25) is 9.97 Å². The van der Waals surface area contributed by atoms with Gasteiger partial charge < -0.3 is 23.7 Å². The highest BCUT2D eigenvalue weighted by Gasteiger charge is 2.33. The number of rotatable bonds is 0. The van der Waals surface area contributed by atoms with Crippen molar-refractivity contribution in [3.63, 3.8) is 0 Å². The molecule has 2 atom stereocenters. The summed E-state index contributed by atoms with van der Waals surface area (Å²) in [5.74, 6) is 10.2. The molecule has 6 aromatic rings. The van der Waals surface area contributed by atoms with E-state index < -0.39 is 0 Å². The number of para-hydroxylation sites is 2. The molecule has 0 amide bonds. The van der Waals surface area contributed by atoms with Gasteiger partial charge in [-0.15, -0.1) is 23.1 Å². The molecule has 3 aromatic carbocycles. The van der Waals surface area contributed by atoms with Crippen molar-refractivity contribution in [2.24, 2.45) is 41.4 Å². The highest BCUT2D eigenvalue weighted by molar-refractivity contribution is 7.99. The van der Waals surface area contributed by atoms with E-state index in [1.165, 1.54) is 90.0 Å². The number of hydrogen-bond acceptors (Lipinski definition) is 9. The lowest BCUT2D eigenvalue weighted by Crippen LogP contribution is -2.13. The van der Waals surface area contributed by atoms with Crippen LogP contribution in [0, 0.1) is 41.4 Å². The van der Waals surface area contributed by atoms with Crippen LogP contribution in [0.3, 0.4) is 0 Å². The quantitative estimate of drug-likeness (QED) is 0.149. The van der Waals surface area contributed by atoms with E-state index in [-0.39, 0.29) is 0 Å². The summed E-state index contributed by atoms with van der Waals surface area (Å²) in [7, 11) is 0. The van der Waals surface area contributed by atoms with Crippen LogP contribution in [0.4, 0.5) is 0 Å². The number of pyridine rings is 2. The Hall–Kier alpha value is -4.67. The summed E-state index contributed by atoms with van der Waals surface area (Å²) in [6.45, 7) is 49.9. The molecule has 2 saturated heterocycles. The van der Waals surface area contributed by atoms with E-state index in [0.29, 0.717) is 12.2 Å². The van der Waals surface area contributed by atoms with Crippen molar-refractivity contribution in [1.29, 1.82) is 0 Å². The number of benzene rings is 3. The molecule has 0 N–H and O–H groups in total. The third-order valence-electron chi connectivity index (χ3n) is 11.9. The van der Waals surface area contributed by atoms with Crippen LogP contribution < -0.4 is 14.2 Å². The Bertz CT molecular complexity index is 2210. The number of ether oxygens (including phenoxy) is 5. The Morgan fingerprint density at radius 3 is 1.26 bits per heavy atom. The fourth-order valence-corrected chi connectivity index (χ4v) is 10.6. The van der Waals surface area contributed by atoms with Gasteiger partial charge in [-0.05, 0) is 188 Å². The van der Waals surface area contributed by atoms with Crippen molar-refractivity contribution in [1.82, 2.24) is 9.97 Å².